The summed E-state index contributed by atoms with van der Waals surface area (Å²) in [5.74, 6) is 0.356. The number of hydrogen-bond donors (Lipinski definition) is 1. The largest absolute Gasteiger partial charge is 0.466 e. The van der Waals surface area contributed by atoms with Crippen molar-refractivity contribution in [3.63, 3.8) is 0 Å². The van der Waals surface area contributed by atoms with Crippen LogP contribution in [-0.2, 0) is 4.79 Å². The van der Waals surface area contributed by atoms with E-state index in [9.17, 15) is 4.79 Å². The fraction of sp³-hybridized carbons (Fsp3) is 0.778. The lowest BCUT2D eigenvalue weighted by Crippen LogP contribution is -3.05. The van der Waals surface area contributed by atoms with Crippen LogP contribution in [0.2, 0.25) is 0 Å². The van der Waals surface area contributed by atoms with E-state index in [0.29, 0.717) is 11.9 Å². The number of nitrogens with zero attached hydrogens (tertiary/aromatic N) is 1. The molecule has 2 rings (SSSR count). The van der Waals surface area contributed by atoms with Gasteiger partial charge >= 0.3 is 0 Å². The third-order valence-electron chi connectivity index (χ3n) is 2.91. The average Bonchev–Trinajstić information content (AvgIpc) is 2.58. The van der Waals surface area contributed by atoms with Crippen molar-refractivity contribution >= 4 is 5.91 Å². The van der Waals surface area contributed by atoms with Crippen LogP contribution in [0.3, 0.4) is 0 Å². The van der Waals surface area contributed by atoms with Crippen LogP contribution in [0.5, 0.6) is 0 Å². The van der Waals surface area contributed by atoms with Crippen LogP contribution in [0, 0.1) is 7.05 Å². The fourth-order valence-electron chi connectivity index (χ4n) is 2.23. The molecular weight excluding hydrogens is 152 g/mol. The van der Waals surface area contributed by atoms with Gasteiger partial charge in [-0.3, -0.25) is 4.79 Å². The number of nitrogens with one attached hydrogen (secondary N) is 1. The molecule has 3 heteroatoms. The van der Waals surface area contributed by atoms with Crippen LogP contribution < -0.4 is 4.90 Å². The molecular formula is C9H16N2O. The van der Waals surface area contributed by atoms with Gasteiger partial charge in [-0.15, -0.1) is 0 Å². The summed E-state index contributed by atoms with van der Waals surface area (Å²) in [4.78, 5) is 14.7. The molecule has 0 saturated carbocycles. The van der Waals surface area contributed by atoms with E-state index >= 15 is 0 Å². The standard InChI is InChI=1S/C9H16N2O/c1-10-6-4-8(7-10)11-5-2-3-9(11)12/h8,10H,1-7H2/t8-/m0/s1. The second kappa shape index (κ2) is 3.05. The normalized spacial score (nSPS) is 36.4. The quantitative estimate of drug-likeness (QED) is 0.502. The molecule has 1 amide bonds. The van der Waals surface area contributed by atoms with Gasteiger partial charge in [-0.2, -0.15) is 7.05 Å². The van der Waals surface area contributed by atoms with Crippen LogP contribution in [-0.4, -0.2) is 36.5 Å². The van der Waals surface area contributed by atoms with Crippen molar-refractivity contribution in [1.29, 1.82) is 0 Å². The highest BCUT2D eigenvalue weighted by Gasteiger charge is 2.32. The summed E-state index contributed by atoms with van der Waals surface area (Å²) in [6.07, 6.45) is 2.97. The maximum absolute atomic E-state index is 11.4. The zero-order chi connectivity index (χ0) is 8.55. The highest BCUT2D eigenvalue weighted by molar-refractivity contribution is 5.78. The molecule has 1 unspecified atom stereocenters. The monoisotopic (exact) mass is 168 g/mol. The lowest BCUT2D eigenvalue weighted by molar-refractivity contribution is -0.840. The second-order valence-corrected chi connectivity index (χ2v) is 3.84. The summed E-state index contributed by atoms with van der Waals surface area (Å²) in [6.45, 7) is 3.15. The number of rotatable bonds is 1. The van der Waals surface area contributed by atoms with Gasteiger partial charge in [0.1, 0.15) is 0 Å². The topological polar surface area (TPSA) is 24.8 Å². The van der Waals surface area contributed by atoms with Gasteiger partial charge in [-0.1, -0.05) is 0 Å². The van der Waals surface area contributed by atoms with Crippen LogP contribution in [0.25, 0.3) is 0 Å². The molecule has 0 aromatic rings. The van der Waals surface area contributed by atoms with E-state index in [4.69, 9.17) is 0 Å². The fourth-order valence-corrected chi connectivity index (χ4v) is 2.23. The molecule has 1 N–H and O–H groups in total. The van der Waals surface area contributed by atoms with Crippen LogP contribution >= 0.6 is 0 Å². The molecule has 2 saturated heterocycles. The molecule has 0 aliphatic carbocycles. The van der Waals surface area contributed by atoms with Crippen molar-refractivity contribution in [1.82, 2.24) is 4.90 Å². The first-order valence-electron chi connectivity index (χ1n) is 4.73. The van der Waals surface area contributed by atoms with Crippen LogP contribution in [0.4, 0.5) is 0 Å². The number of carbonyl (C=O) groups is 1. The Hall–Kier alpha value is -0.570. The van der Waals surface area contributed by atoms with E-state index in [0.717, 1.165) is 38.9 Å². The lowest BCUT2D eigenvalue weighted by Gasteiger charge is -2.22. The Morgan fingerprint density at radius 2 is 2.42 bits per heavy atom. The molecule has 2 heterocycles. The zero-order valence-electron chi connectivity index (χ0n) is 7.38. The molecule has 2 fully saturated rings. The SMILES string of the molecule is [CH2-][NH+]1CC[C@H](N2CCCC2=O)C1. The van der Waals surface area contributed by atoms with Crippen LogP contribution in [0.15, 0.2) is 0 Å². The first-order valence-corrected chi connectivity index (χ1v) is 4.73. The molecule has 2 aliphatic heterocycles. The average molecular weight is 168 g/mol. The van der Waals surface area contributed by atoms with E-state index < -0.39 is 0 Å². The predicted molar refractivity (Wildman–Crippen MR) is 45.4 cm³/mol. The highest BCUT2D eigenvalue weighted by atomic mass is 16.2. The van der Waals surface area contributed by atoms with Gasteiger partial charge in [-0.05, 0) is 6.42 Å². The van der Waals surface area contributed by atoms with Crippen molar-refractivity contribution < 1.29 is 9.69 Å². The summed E-state index contributed by atoms with van der Waals surface area (Å²) in [6, 6.07) is 0.493. The van der Waals surface area contributed by atoms with Crippen molar-refractivity contribution in [3.8, 4) is 0 Å². The summed E-state index contributed by atoms with van der Waals surface area (Å²) >= 11 is 0. The molecule has 3 nitrogen and oxygen atoms in total. The van der Waals surface area contributed by atoms with Crippen molar-refractivity contribution in [2.75, 3.05) is 19.6 Å². The minimum Gasteiger partial charge on any atom is -0.466 e. The Morgan fingerprint density at radius 1 is 1.58 bits per heavy atom. The van der Waals surface area contributed by atoms with Gasteiger partial charge < -0.3 is 9.80 Å². The number of likely N-dealkylation sites (tertiary alicyclic amines) is 2. The number of amides is 1. The number of hydrogen-bond acceptors (Lipinski definition) is 1. The minimum absolute atomic E-state index is 0.356. The van der Waals surface area contributed by atoms with E-state index in [2.05, 4.69) is 11.9 Å². The molecule has 0 spiro atoms. The van der Waals surface area contributed by atoms with Gasteiger partial charge in [0.2, 0.25) is 5.91 Å². The Balaban J connectivity index is 1.96. The minimum atomic E-state index is 0.356. The summed E-state index contributed by atoms with van der Waals surface area (Å²) < 4.78 is 0. The van der Waals surface area contributed by atoms with Crippen molar-refractivity contribution in [2.24, 2.45) is 0 Å². The molecule has 0 radical (unpaired) electrons. The molecule has 0 bridgehead atoms. The molecule has 0 aromatic heterocycles. The number of quaternary nitrogens is 1. The van der Waals surface area contributed by atoms with E-state index in [1.165, 1.54) is 4.90 Å². The van der Waals surface area contributed by atoms with Gasteiger partial charge in [0, 0.05) is 19.4 Å². The summed E-state index contributed by atoms with van der Waals surface area (Å²) in [5.41, 5.74) is 0. The van der Waals surface area contributed by atoms with E-state index in [1.807, 2.05) is 0 Å². The maximum Gasteiger partial charge on any atom is 0.223 e. The molecule has 2 aliphatic rings. The first kappa shape index (κ1) is 8.05. The molecule has 2 atom stereocenters. The highest BCUT2D eigenvalue weighted by Crippen LogP contribution is 2.15. The maximum atomic E-state index is 11.4. The van der Waals surface area contributed by atoms with Crippen LogP contribution in [0.1, 0.15) is 19.3 Å². The lowest BCUT2D eigenvalue weighted by atomic mass is 10.2. The van der Waals surface area contributed by atoms with E-state index in [-0.39, 0.29) is 0 Å². The summed E-state index contributed by atoms with van der Waals surface area (Å²) in [5, 5.41) is 0. The Kier molecular flexibility index (Phi) is 2.05. The second-order valence-electron chi connectivity index (χ2n) is 3.84. The predicted octanol–water partition coefficient (Wildman–Crippen LogP) is -0.942. The third kappa shape index (κ3) is 1.33. The summed E-state index contributed by atoms with van der Waals surface area (Å²) in [7, 11) is 3.96. The van der Waals surface area contributed by atoms with Crippen molar-refractivity contribution in [2.45, 2.75) is 25.3 Å². The smallest absolute Gasteiger partial charge is 0.223 e. The van der Waals surface area contributed by atoms with Gasteiger partial charge in [0.25, 0.3) is 0 Å². The zero-order valence-corrected chi connectivity index (χ0v) is 7.38. The van der Waals surface area contributed by atoms with Gasteiger partial charge in [-0.25, -0.2) is 0 Å². The number of carbonyl (C=O) groups excluding carboxylic acids is 1. The Morgan fingerprint density at radius 3 is 2.92 bits per heavy atom. The first-order chi connectivity index (χ1) is 5.77. The molecule has 68 valence electrons. The third-order valence-corrected chi connectivity index (χ3v) is 2.91. The molecule has 0 aromatic carbocycles. The van der Waals surface area contributed by atoms with Crippen molar-refractivity contribution in [3.05, 3.63) is 7.05 Å². The van der Waals surface area contributed by atoms with E-state index in [1.54, 1.807) is 0 Å². The Labute approximate surface area is 73.3 Å². The Bertz CT molecular complexity index is 193. The van der Waals surface area contributed by atoms with Gasteiger partial charge in [0.05, 0.1) is 19.1 Å². The molecule has 12 heavy (non-hydrogen) atoms. The van der Waals surface area contributed by atoms with Gasteiger partial charge in [0.15, 0.2) is 0 Å².